The topological polar surface area (TPSA) is 60.2 Å². The Hall–Kier alpha value is -5.94. The number of hydrogen-bond donors (Lipinski definition) is 1. The van der Waals surface area contributed by atoms with Gasteiger partial charge in [0.05, 0.1) is 11.0 Å². The number of phenols is 1. The van der Waals surface area contributed by atoms with E-state index in [0.29, 0.717) is 17.1 Å². The first kappa shape index (κ1) is 25.7. The van der Waals surface area contributed by atoms with Crippen molar-refractivity contribution in [3.8, 4) is 45.5 Å². The summed E-state index contributed by atoms with van der Waals surface area (Å²) in [7, 11) is 0. The fourth-order valence-electron chi connectivity index (χ4n) is 5.98. The number of ether oxygens (including phenoxy) is 1. The molecule has 44 heavy (non-hydrogen) atoms. The maximum Gasteiger partial charge on any atom is 0.222 e. The Morgan fingerprint density at radius 1 is 0.614 bits per heavy atom. The van der Waals surface area contributed by atoms with Gasteiger partial charge in [0.2, 0.25) is 5.88 Å². The van der Waals surface area contributed by atoms with Crippen molar-refractivity contribution in [2.24, 2.45) is 0 Å². The molecule has 5 heteroatoms. The molecule has 0 saturated carbocycles. The van der Waals surface area contributed by atoms with Crippen LogP contribution >= 0.6 is 0 Å². The lowest BCUT2D eigenvalue weighted by Crippen LogP contribution is -1.98. The van der Waals surface area contributed by atoms with Crippen LogP contribution in [-0.2, 0) is 0 Å². The van der Waals surface area contributed by atoms with E-state index in [4.69, 9.17) is 14.7 Å². The van der Waals surface area contributed by atoms with Crippen LogP contribution in [0.25, 0.3) is 60.8 Å². The Labute approximate surface area is 254 Å². The van der Waals surface area contributed by atoms with E-state index in [9.17, 15) is 5.11 Å². The Kier molecular flexibility index (Phi) is 6.09. The van der Waals surface area contributed by atoms with Crippen molar-refractivity contribution in [2.45, 2.75) is 6.92 Å². The number of nitrogens with zero attached hydrogens (tertiary/aromatic N) is 3. The predicted molar refractivity (Wildman–Crippen MR) is 178 cm³/mol. The minimum Gasteiger partial charge on any atom is -0.506 e. The molecule has 3 aromatic heterocycles. The number of aromatic hydroxyl groups is 1. The molecule has 0 atom stereocenters. The highest BCUT2D eigenvalue weighted by Crippen LogP contribution is 2.38. The van der Waals surface area contributed by atoms with Crippen LogP contribution in [0.5, 0.6) is 17.4 Å². The van der Waals surface area contributed by atoms with E-state index in [1.165, 1.54) is 0 Å². The molecule has 1 N–H and O–H groups in total. The molecule has 0 fully saturated rings. The van der Waals surface area contributed by atoms with Crippen molar-refractivity contribution >= 4 is 32.7 Å². The summed E-state index contributed by atoms with van der Waals surface area (Å²) in [4.78, 5) is 9.55. The number of benzene rings is 5. The number of para-hydroxylation sites is 1. The molecule has 0 amide bonds. The van der Waals surface area contributed by atoms with E-state index >= 15 is 0 Å². The van der Waals surface area contributed by atoms with Crippen LogP contribution < -0.4 is 4.74 Å². The second-order valence-corrected chi connectivity index (χ2v) is 10.9. The lowest BCUT2D eigenvalue weighted by Gasteiger charge is -2.13. The molecule has 8 rings (SSSR count). The summed E-state index contributed by atoms with van der Waals surface area (Å²) in [6.07, 6.45) is 1.86. The molecule has 3 heterocycles. The van der Waals surface area contributed by atoms with Gasteiger partial charge in [-0.15, -0.1) is 0 Å². The molecule has 5 nitrogen and oxygen atoms in total. The second kappa shape index (κ2) is 10.4. The van der Waals surface area contributed by atoms with Crippen molar-refractivity contribution in [1.29, 1.82) is 0 Å². The smallest absolute Gasteiger partial charge is 0.222 e. The van der Waals surface area contributed by atoms with Gasteiger partial charge in [-0.2, -0.15) is 0 Å². The molecule has 0 spiro atoms. The zero-order valence-corrected chi connectivity index (χ0v) is 24.0. The minimum absolute atomic E-state index is 0.117. The molecule has 0 unspecified atom stereocenters. The first-order valence-corrected chi connectivity index (χ1v) is 14.5. The van der Waals surface area contributed by atoms with Gasteiger partial charge in [-0.05, 0) is 77.7 Å². The fourth-order valence-corrected chi connectivity index (χ4v) is 5.98. The second-order valence-electron chi connectivity index (χ2n) is 10.9. The third-order valence-corrected chi connectivity index (χ3v) is 8.09. The summed E-state index contributed by atoms with van der Waals surface area (Å²) in [5.74, 6) is 2.04. The van der Waals surface area contributed by atoms with Crippen molar-refractivity contribution in [3.05, 3.63) is 145 Å². The van der Waals surface area contributed by atoms with Crippen molar-refractivity contribution in [1.82, 2.24) is 14.5 Å². The van der Waals surface area contributed by atoms with Gasteiger partial charge in [0, 0.05) is 34.0 Å². The van der Waals surface area contributed by atoms with E-state index in [1.807, 2.05) is 92.0 Å². The third kappa shape index (κ3) is 4.43. The number of phenolic OH excluding ortho intramolecular Hbond substituents is 1. The third-order valence-electron chi connectivity index (χ3n) is 8.09. The number of pyridine rings is 2. The van der Waals surface area contributed by atoms with Crippen molar-refractivity contribution in [2.75, 3.05) is 0 Å². The van der Waals surface area contributed by atoms with Gasteiger partial charge in [-0.3, -0.25) is 4.57 Å². The van der Waals surface area contributed by atoms with Crippen LogP contribution in [-0.4, -0.2) is 19.6 Å². The number of aryl methyl sites for hydroxylation is 1. The maximum absolute atomic E-state index is 11.0. The van der Waals surface area contributed by atoms with Gasteiger partial charge in [-0.1, -0.05) is 78.9 Å². The summed E-state index contributed by atoms with van der Waals surface area (Å²) in [6.45, 7) is 1.97. The number of fused-ring (bicyclic) bond motifs is 4. The van der Waals surface area contributed by atoms with Gasteiger partial charge in [0.25, 0.3) is 0 Å². The van der Waals surface area contributed by atoms with E-state index in [-0.39, 0.29) is 5.75 Å². The van der Waals surface area contributed by atoms with Crippen LogP contribution in [0.3, 0.4) is 0 Å². The lowest BCUT2D eigenvalue weighted by atomic mass is 10.0. The zero-order valence-electron chi connectivity index (χ0n) is 24.0. The number of aromatic nitrogens is 3. The number of rotatable bonds is 5. The highest BCUT2D eigenvalue weighted by Gasteiger charge is 2.16. The Morgan fingerprint density at radius 2 is 1.32 bits per heavy atom. The molecule has 0 aliphatic rings. The minimum atomic E-state index is 0.117. The van der Waals surface area contributed by atoms with Gasteiger partial charge < -0.3 is 9.84 Å². The average molecular weight is 570 g/mol. The molecular formula is C39H27N3O2. The quantitative estimate of drug-likeness (QED) is 0.224. The summed E-state index contributed by atoms with van der Waals surface area (Å²) in [5.41, 5.74) is 7.64. The highest BCUT2D eigenvalue weighted by atomic mass is 16.5. The van der Waals surface area contributed by atoms with E-state index in [0.717, 1.165) is 60.8 Å². The van der Waals surface area contributed by atoms with E-state index in [2.05, 4.69) is 53.1 Å². The molecule has 0 aliphatic carbocycles. The maximum atomic E-state index is 11.0. The summed E-state index contributed by atoms with van der Waals surface area (Å²) in [6, 6.07) is 44.8. The van der Waals surface area contributed by atoms with Crippen LogP contribution in [0.4, 0.5) is 0 Å². The lowest BCUT2D eigenvalue weighted by molar-refractivity contribution is 0.457. The Bertz CT molecular complexity index is 2330. The molecule has 0 bridgehead atoms. The summed E-state index contributed by atoms with van der Waals surface area (Å²) in [5, 5.41) is 14.1. The van der Waals surface area contributed by atoms with Gasteiger partial charge >= 0.3 is 0 Å². The monoisotopic (exact) mass is 569 g/mol. The van der Waals surface area contributed by atoms with E-state index in [1.54, 1.807) is 6.07 Å². The summed E-state index contributed by atoms with van der Waals surface area (Å²) < 4.78 is 8.60. The molecule has 5 aromatic carbocycles. The van der Waals surface area contributed by atoms with Crippen LogP contribution in [0.1, 0.15) is 5.56 Å². The molecule has 0 aliphatic heterocycles. The molecule has 210 valence electrons. The first-order valence-electron chi connectivity index (χ1n) is 14.5. The van der Waals surface area contributed by atoms with Crippen LogP contribution in [0.2, 0.25) is 0 Å². The Morgan fingerprint density at radius 3 is 2.11 bits per heavy atom. The SMILES string of the molecule is Cc1cc2cc(-c3ccccc3)cc(O)c2nc1Oc1ccc2c3ccccc3n(-c3cc(-c4ccccc4)ccn3)c2c1. The van der Waals surface area contributed by atoms with Gasteiger partial charge in [0.15, 0.2) is 0 Å². The first-order chi connectivity index (χ1) is 21.6. The Balaban J connectivity index is 1.23. The van der Waals surface area contributed by atoms with E-state index < -0.39 is 0 Å². The van der Waals surface area contributed by atoms with Crippen molar-refractivity contribution in [3.63, 3.8) is 0 Å². The number of hydrogen-bond acceptors (Lipinski definition) is 4. The zero-order chi connectivity index (χ0) is 29.6. The summed E-state index contributed by atoms with van der Waals surface area (Å²) >= 11 is 0. The standard InChI is InChI=1S/C39H27N3O2/c1-25-20-30-21-29(27-12-6-3-7-13-27)22-36(43)38(30)41-39(25)44-31-16-17-33-32-14-8-9-15-34(32)42(35(33)24-31)37-23-28(18-19-40-37)26-10-4-2-5-11-26/h2-24,43H,1H3. The normalized spacial score (nSPS) is 11.4. The predicted octanol–water partition coefficient (Wildman–Crippen LogP) is 9.87. The molecule has 8 aromatic rings. The highest BCUT2D eigenvalue weighted by molar-refractivity contribution is 6.09. The molecule has 0 radical (unpaired) electrons. The largest absolute Gasteiger partial charge is 0.506 e. The average Bonchev–Trinajstić information content (AvgIpc) is 3.40. The molecular weight excluding hydrogens is 542 g/mol. The van der Waals surface area contributed by atoms with Crippen LogP contribution in [0.15, 0.2) is 140 Å². The van der Waals surface area contributed by atoms with Gasteiger partial charge in [0.1, 0.15) is 22.8 Å². The fraction of sp³-hybridized carbons (Fsp3) is 0.0256. The van der Waals surface area contributed by atoms with Gasteiger partial charge in [-0.25, -0.2) is 9.97 Å². The van der Waals surface area contributed by atoms with Crippen molar-refractivity contribution < 1.29 is 9.84 Å². The molecule has 0 saturated heterocycles. The van der Waals surface area contributed by atoms with Crippen LogP contribution in [0, 0.1) is 6.92 Å².